The topological polar surface area (TPSA) is 66.8 Å². The number of carbonyl (C=O) groups is 2. The molecule has 0 radical (unpaired) electrons. The van der Waals surface area contributed by atoms with Crippen molar-refractivity contribution < 1.29 is 19.4 Å². The molecule has 0 bridgehead atoms. The van der Waals surface area contributed by atoms with Gasteiger partial charge in [-0.15, -0.1) is 0 Å². The lowest BCUT2D eigenvalue weighted by Crippen LogP contribution is -2.38. The first-order chi connectivity index (χ1) is 13.3. The fraction of sp³-hybridized carbons (Fsp3) is 0.391. The Balaban J connectivity index is 1.73. The first-order valence-electron chi connectivity index (χ1n) is 9.58. The maximum absolute atomic E-state index is 12.6. The van der Waals surface area contributed by atoms with E-state index in [4.69, 9.17) is 9.84 Å². The molecule has 0 heterocycles. The Kier molecular flexibility index (Phi) is 5.73. The molecule has 0 atom stereocenters. The molecule has 148 valence electrons. The van der Waals surface area contributed by atoms with Crippen LogP contribution in [0.25, 0.3) is 11.1 Å². The van der Waals surface area contributed by atoms with Crippen molar-refractivity contribution in [2.75, 3.05) is 19.7 Å². The van der Waals surface area contributed by atoms with Gasteiger partial charge in [0.05, 0.1) is 0 Å². The molecule has 2 aromatic rings. The number of aliphatic carboxylic acids is 1. The summed E-state index contributed by atoms with van der Waals surface area (Å²) in [7, 11) is 0. The van der Waals surface area contributed by atoms with Crippen LogP contribution < -0.4 is 0 Å². The van der Waals surface area contributed by atoms with Crippen LogP contribution >= 0.6 is 0 Å². The minimum absolute atomic E-state index is 0.000363. The molecular formula is C23H27NO4. The summed E-state index contributed by atoms with van der Waals surface area (Å²) in [6, 6.07) is 16.3. The lowest BCUT2D eigenvalue weighted by molar-refractivity contribution is -0.138. The first kappa shape index (κ1) is 19.9. The molecule has 0 saturated carbocycles. The van der Waals surface area contributed by atoms with E-state index in [2.05, 4.69) is 45.0 Å². The second-order valence-corrected chi connectivity index (χ2v) is 8.43. The third-order valence-corrected chi connectivity index (χ3v) is 5.05. The number of carboxylic acids is 1. The number of ether oxygens (including phenoxy) is 1. The second-order valence-electron chi connectivity index (χ2n) is 8.43. The molecule has 1 amide bonds. The number of nitrogens with zero attached hydrogens (tertiary/aromatic N) is 1. The third-order valence-electron chi connectivity index (χ3n) is 5.05. The van der Waals surface area contributed by atoms with Crippen molar-refractivity contribution in [3.8, 4) is 11.1 Å². The van der Waals surface area contributed by atoms with Crippen LogP contribution in [-0.4, -0.2) is 41.8 Å². The number of benzene rings is 2. The van der Waals surface area contributed by atoms with E-state index in [1.165, 1.54) is 4.90 Å². The van der Waals surface area contributed by atoms with Crippen molar-refractivity contribution in [1.82, 2.24) is 4.90 Å². The Morgan fingerprint density at radius 3 is 2.04 bits per heavy atom. The predicted octanol–water partition coefficient (Wildman–Crippen LogP) is 4.76. The van der Waals surface area contributed by atoms with Crippen LogP contribution in [0.5, 0.6) is 0 Å². The van der Waals surface area contributed by atoms with Crippen molar-refractivity contribution in [3.05, 3.63) is 59.7 Å². The minimum atomic E-state index is -1.04. The zero-order valence-corrected chi connectivity index (χ0v) is 16.6. The second kappa shape index (κ2) is 8.05. The van der Waals surface area contributed by atoms with Crippen LogP contribution in [0.2, 0.25) is 0 Å². The van der Waals surface area contributed by atoms with Crippen LogP contribution in [0, 0.1) is 5.41 Å². The Labute approximate surface area is 165 Å². The van der Waals surface area contributed by atoms with Crippen LogP contribution in [0.1, 0.15) is 44.2 Å². The Bertz CT molecular complexity index is 823. The molecule has 0 aliphatic heterocycles. The summed E-state index contributed by atoms with van der Waals surface area (Å²) in [5, 5.41) is 9.15. The van der Waals surface area contributed by atoms with E-state index in [1.807, 2.05) is 24.3 Å². The zero-order valence-electron chi connectivity index (χ0n) is 16.6. The van der Waals surface area contributed by atoms with Gasteiger partial charge in [-0.25, -0.2) is 4.79 Å². The molecule has 3 rings (SSSR count). The molecule has 0 unspecified atom stereocenters. The van der Waals surface area contributed by atoms with Crippen LogP contribution in [0.3, 0.4) is 0 Å². The average molecular weight is 381 g/mol. The molecule has 5 heteroatoms. The van der Waals surface area contributed by atoms with Gasteiger partial charge in [-0.1, -0.05) is 69.3 Å². The van der Waals surface area contributed by atoms with Crippen LogP contribution in [0.4, 0.5) is 4.79 Å². The maximum Gasteiger partial charge on any atom is 0.410 e. The van der Waals surface area contributed by atoms with Crippen molar-refractivity contribution >= 4 is 12.1 Å². The van der Waals surface area contributed by atoms with Crippen molar-refractivity contribution in [1.29, 1.82) is 0 Å². The number of hydrogen-bond donors (Lipinski definition) is 1. The fourth-order valence-electron chi connectivity index (χ4n) is 3.55. The molecule has 1 N–H and O–H groups in total. The number of hydrogen-bond acceptors (Lipinski definition) is 3. The maximum atomic E-state index is 12.6. The molecule has 0 fully saturated rings. The zero-order chi connectivity index (χ0) is 20.3. The number of rotatable bonds is 6. The van der Waals surface area contributed by atoms with E-state index in [9.17, 15) is 9.59 Å². The molecule has 28 heavy (non-hydrogen) atoms. The standard InChI is InChI=1S/C23H27NO4/c1-23(2,3)12-13-24(14-21(25)26)22(27)28-15-20-18-10-6-4-8-16(18)17-9-5-7-11-19(17)20/h4-11,20H,12-15H2,1-3H3,(H,25,26). The molecule has 0 spiro atoms. The third kappa shape index (κ3) is 4.53. The molecule has 2 aromatic carbocycles. The van der Waals surface area contributed by atoms with Crippen molar-refractivity contribution in [3.63, 3.8) is 0 Å². The summed E-state index contributed by atoms with van der Waals surface area (Å²) >= 11 is 0. The molecule has 0 aromatic heterocycles. The van der Waals surface area contributed by atoms with Crippen LogP contribution in [0.15, 0.2) is 48.5 Å². The SMILES string of the molecule is CC(C)(C)CCN(CC(=O)O)C(=O)OCC1c2ccccc2-c2ccccc21. The van der Waals surface area contributed by atoms with Crippen LogP contribution in [-0.2, 0) is 9.53 Å². The van der Waals surface area contributed by atoms with E-state index in [0.717, 1.165) is 22.3 Å². The van der Waals surface area contributed by atoms with E-state index in [1.54, 1.807) is 0 Å². The minimum Gasteiger partial charge on any atom is -0.480 e. The number of carbonyl (C=O) groups excluding carboxylic acids is 1. The smallest absolute Gasteiger partial charge is 0.410 e. The number of carboxylic acid groups (broad SMARTS) is 1. The highest BCUT2D eigenvalue weighted by Gasteiger charge is 2.30. The van der Waals surface area contributed by atoms with Gasteiger partial charge in [-0.2, -0.15) is 0 Å². The van der Waals surface area contributed by atoms with Gasteiger partial charge in [-0.05, 0) is 34.1 Å². The summed E-state index contributed by atoms with van der Waals surface area (Å²) in [6.45, 7) is 6.37. The predicted molar refractivity (Wildman–Crippen MR) is 108 cm³/mol. The molecule has 1 aliphatic rings. The van der Waals surface area contributed by atoms with Gasteiger partial charge in [0.1, 0.15) is 13.2 Å². The lowest BCUT2D eigenvalue weighted by Gasteiger charge is -2.26. The van der Waals surface area contributed by atoms with Gasteiger partial charge in [0.15, 0.2) is 0 Å². The van der Waals surface area contributed by atoms with Gasteiger partial charge >= 0.3 is 12.1 Å². The van der Waals surface area contributed by atoms with Gasteiger partial charge in [0.2, 0.25) is 0 Å². The highest BCUT2D eigenvalue weighted by molar-refractivity contribution is 5.79. The summed E-state index contributed by atoms with van der Waals surface area (Å²) < 4.78 is 5.59. The number of fused-ring (bicyclic) bond motifs is 3. The van der Waals surface area contributed by atoms with Gasteiger partial charge in [0.25, 0.3) is 0 Å². The summed E-state index contributed by atoms with van der Waals surface area (Å²) in [5.74, 6) is -1.08. The molecule has 1 aliphatic carbocycles. The van der Waals surface area contributed by atoms with Crippen molar-refractivity contribution in [2.24, 2.45) is 5.41 Å². The highest BCUT2D eigenvalue weighted by Crippen LogP contribution is 2.44. The van der Waals surface area contributed by atoms with E-state index >= 15 is 0 Å². The van der Waals surface area contributed by atoms with E-state index < -0.39 is 12.1 Å². The van der Waals surface area contributed by atoms with Gasteiger partial charge < -0.3 is 9.84 Å². The summed E-state index contributed by atoms with van der Waals surface area (Å²) in [4.78, 5) is 25.1. The average Bonchev–Trinajstić information content (AvgIpc) is 2.96. The van der Waals surface area contributed by atoms with E-state index in [-0.39, 0.29) is 24.5 Å². The Morgan fingerprint density at radius 1 is 1.00 bits per heavy atom. The summed E-state index contributed by atoms with van der Waals surface area (Å²) in [6.07, 6.45) is 0.123. The lowest BCUT2D eigenvalue weighted by atomic mass is 9.92. The Morgan fingerprint density at radius 2 is 1.54 bits per heavy atom. The fourth-order valence-corrected chi connectivity index (χ4v) is 3.55. The number of amides is 1. The highest BCUT2D eigenvalue weighted by atomic mass is 16.6. The first-order valence-corrected chi connectivity index (χ1v) is 9.58. The quantitative estimate of drug-likeness (QED) is 0.783. The van der Waals surface area contributed by atoms with Gasteiger partial charge in [0, 0.05) is 12.5 Å². The summed E-state index contributed by atoms with van der Waals surface area (Å²) in [5.41, 5.74) is 4.59. The van der Waals surface area contributed by atoms with Gasteiger partial charge in [-0.3, -0.25) is 9.69 Å². The largest absolute Gasteiger partial charge is 0.480 e. The molecular weight excluding hydrogens is 354 g/mol. The molecule has 0 saturated heterocycles. The Hall–Kier alpha value is -2.82. The van der Waals surface area contributed by atoms with E-state index in [0.29, 0.717) is 13.0 Å². The van der Waals surface area contributed by atoms with Crippen molar-refractivity contribution in [2.45, 2.75) is 33.1 Å². The normalized spacial score (nSPS) is 13.0. The monoisotopic (exact) mass is 381 g/mol. The molecule has 5 nitrogen and oxygen atoms in total.